The molecule has 81 heavy (non-hydrogen) atoms. The Bertz CT molecular complexity index is 5460. The number of fused-ring (bicyclic) bond motifs is 16. The topological polar surface area (TPSA) is 67.3 Å². The van der Waals surface area contributed by atoms with Gasteiger partial charge in [-0.25, -0.2) is 0 Å². The molecule has 0 fully saturated rings. The van der Waals surface area contributed by atoms with Crippen LogP contribution in [-0.2, 0) is 0 Å². The molecule has 0 unspecified atom stereocenters. The lowest BCUT2D eigenvalue weighted by atomic mass is 9.98. The third-order valence-corrected chi connectivity index (χ3v) is 18.0. The first kappa shape index (κ1) is 45.1. The molecule has 0 N–H and O–H groups in total. The van der Waals surface area contributed by atoms with Crippen LogP contribution in [0, 0.1) is 22.7 Å². The molecule has 374 valence electrons. The molecule has 0 saturated heterocycles. The third-order valence-electron chi connectivity index (χ3n) is 16.9. The number of para-hydroxylation sites is 6. The summed E-state index contributed by atoms with van der Waals surface area (Å²) in [6.45, 7) is 0. The number of hydrogen-bond donors (Lipinski definition) is 0. The van der Waals surface area contributed by atoms with Crippen LogP contribution in [0.4, 0.5) is 0 Å². The maximum Gasteiger partial charge on any atom is 0.104 e. The maximum absolute atomic E-state index is 13.0. The summed E-state index contributed by atoms with van der Waals surface area (Å²) in [7, 11) is 0. The fourth-order valence-corrected chi connectivity index (χ4v) is 14.7. The van der Waals surface area contributed by atoms with E-state index in [0.29, 0.717) is 33.9 Å². The molecule has 0 radical (unpaired) electrons. The van der Waals surface area contributed by atoms with Crippen LogP contribution in [0.1, 0.15) is 11.1 Å². The average molecular weight is 1050 g/mol. The summed E-state index contributed by atoms with van der Waals surface area (Å²) in [6.07, 6.45) is 0. The van der Waals surface area contributed by atoms with E-state index in [4.69, 9.17) is 0 Å². The van der Waals surface area contributed by atoms with Gasteiger partial charge >= 0.3 is 0 Å². The van der Waals surface area contributed by atoms with Crippen LogP contribution in [0.3, 0.4) is 0 Å². The number of benzene rings is 12. The smallest absolute Gasteiger partial charge is 0.104 e. The molecular formula is C74H42N6S. The molecule has 17 rings (SSSR count). The average Bonchev–Trinajstić information content (AvgIpc) is 4.47. The Kier molecular flexibility index (Phi) is 9.62. The van der Waals surface area contributed by atoms with Gasteiger partial charge in [-0.2, -0.15) is 10.5 Å². The molecule has 0 aliphatic heterocycles. The zero-order valence-electron chi connectivity index (χ0n) is 43.3. The molecule has 17 aromatic rings. The van der Waals surface area contributed by atoms with Crippen LogP contribution in [0.25, 0.3) is 152 Å². The fraction of sp³-hybridized carbons (Fsp3) is 0. The molecule has 5 heterocycles. The van der Waals surface area contributed by atoms with Crippen LogP contribution in [-0.4, -0.2) is 18.3 Å². The number of aromatic nitrogens is 4. The Morgan fingerprint density at radius 2 is 0.580 bits per heavy atom. The van der Waals surface area contributed by atoms with E-state index in [0.717, 1.165) is 120 Å². The van der Waals surface area contributed by atoms with E-state index in [1.54, 1.807) is 11.3 Å². The van der Waals surface area contributed by atoms with Crippen LogP contribution in [0.15, 0.2) is 255 Å². The molecule has 0 spiro atoms. The second-order valence-corrected chi connectivity index (χ2v) is 22.0. The number of thiophene rings is 1. The molecule has 6 nitrogen and oxygen atoms in total. The molecule has 0 aliphatic carbocycles. The lowest BCUT2D eigenvalue weighted by molar-refractivity contribution is 1.03. The Hall–Kier alpha value is -11.0. The Morgan fingerprint density at radius 3 is 1.02 bits per heavy atom. The monoisotopic (exact) mass is 1050 g/mol. The lowest BCUT2D eigenvalue weighted by Gasteiger charge is -2.27. The molecule has 0 saturated carbocycles. The summed E-state index contributed by atoms with van der Waals surface area (Å²) >= 11 is 1.77. The second kappa shape index (κ2) is 17.3. The standard InChI is InChI=1S/C74H42N6S/c75-43-59-69(77-61-27-11-4-20-49(61)50-21-5-12-28-62(50)77)70(78-63-29-13-6-22-51(63)52-23-7-14-30-64(52)78)60(44-76)72(71(59)79-65-31-15-8-24-53(65)54-25-9-16-32-66(54)79)80-67-42-48(47-36-34-46(35-37-47)45-18-2-1-3-19-45)38-39-55(67)57-40-41-58-56-26-10-17-33-68(56)81-74(58)73(57)80/h1-42H. The predicted octanol–water partition coefficient (Wildman–Crippen LogP) is 19.5. The van der Waals surface area contributed by atoms with Crippen molar-refractivity contribution in [1.29, 1.82) is 10.5 Å². The first-order valence-corrected chi connectivity index (χ1v) is 28.0. The summed E-state index contributed by atoms with van der Waals surface area (Å²) in [4.78, 5) is 0. The van der Waals surface area contributed by atoms with Gasteiger partial charge in [-0.05, 0) is 70.8 Å². The minimum absolute atomic E-state index is 0.420. The van der Waals surface area contributed by atoms with E-state index in [2.05, 4.69) is 279 Å². The third kappa shape index (κ3) is 6.29. The Morgan fingerprint density at radius 1 is 0.259 bits per heavy atom. The number of nitriles is 2. The first-order valence-electron chi connectivity index (χ1n) is 27.2. The van der Waals surface area contributed by atoms with Gasteiger partial charge in [0.1, 0.15) is 23.3 Å². The van der Waals surface area contributed by atoms with Gasteiger partial charge in [0.05, 0.1) is 71.6 Å². The molecular weight excluding hydrogens is 1000 g/mol. The molecule has 0 bridgehead atoms. The van der Waals surface area contributed by atoms with Crippen molar-refractivity contribution in [1.82, 2.24) is 18.3 Å². The van der Waals surface area contributed by atoms with E-state index >= 15 is 0 Å². The van der Waals surface area contributed by atoms with Gasteiger partial charge in [-0.1, -0.05) is 206 Å². The molecule has 5 aromatic heterocycles. The second-order valence-electron chi connectivity index (χ2n) is 20.9. The highest BCUT2D eigenvalue weighted by atomic mass is 32.1. The van der Waals surface area contributed by atoms with Crippen LogP contribution >= 0.6 is 11.3 Å². The summed E-state index contributed by atoms with van der Waals surface area (Å²) in [6, 6.07) is 96.1. The predicted molar refractivity (Wildman–Crippen MR) is 337 cm³/mol. The van der Waals surface area contributed by atoms with E-state index in [-0.39, 0.29) is 0 Å². The normalized spacial score (nSPS) is 11.9. The lowest BCUT2D eigenvalue weighted by Crippen LogP contribution is -2.16. The minimum Gasteiger partial charge on any atom is -0.306 e. The largest absolute Gasteiger partial charge is 0.306 e. The van der Waals surface area contributed by atoms with Crippen molar-refractivity contribution in [2.75, 3.05) is 0 Å². The van der Waals surface area contributed by atoms with Crippen LogP contribution in [0.5, 0.6) is 0 Å². The SMILES string of the molecule is N#Cc1c(-n2c3ccccc3c3ccccc32)c(-n2c3ccccc3c3ccccc32)c(C#N)c(-n2c3cc(-c4ccc(-c5ccccc5)cc4)ccc3c3ccc4c5ccccc5sc4c32)c1-n1c2ccccc2c2ccccc21. The van der Waals surface area contributed by atoms with Crippen molar-refractivity contribution < 1.29 is 0 Å². The summed E-state index contributed by atoms with van der Waals surface area (Å²) in [5, 5.41) is 36.4. The zero-order valence-corrected chi connectivity index (χ0v) is 44.2. The highest BCUT2D eigenvalue weighted by Gasteiger charge is 2.35. The van der Waals surface area contributed by atoms with Gasteiger partial charge in [-0.15, -0.1) is 11.3 Å². The van der Waals surface area contributed by atoms with Gasteiger partial charge in [-0.3, -0.25) is 0 Å². The molecule has 0 atom stereocenters. The fourth-order valence-electron chi connectivity index (χ4n) is 13.4. The minimum atomic E-state index is 0.420. The van der Waals surface area contributed by atoms with Gasteiger partial charge in [0, 0.05) is 58.6 Å². The van der Waals surface area contributed by atoms with Crippen molar-refractivity contribution >= 4 is 119 Å². The van der Waals surface area contributed by atoms with Crippen LogP contribution < -0.4 is 0 Å². The van der Waals surface area contributed by atoms with Crippen molar-refractivity contribution in [3.63, 3.8) is 0 Å². The first-order chi connectivity index (χ1) is 40.2. The van der Waals surface area contributed by atoms with Gasteiger partial charge < -0.3 is 18.3 Å². The molecule has 0 amide bonds. The van der Waals surface area contributed by atoms with Gasteiger partial charge in [0.2, 0.25) is 0 Å². The number of hydrogen-bond acceptors (Lipinski definition) is 3. The van der Waals surface area contributed by atoms with Crippen LogP contribution in [0.2, 0.25) is 0 Å². The van der Waals surface area contributed by atoms with Crippen molar-refractivity contribution in [3.8, 4) is 57.1 Å². The summed E-state index contributed by atoms with van der Waals surface area (Å²) in [5.74, 6) is 0. The number of nitrogens with zero attached hydrogens (tertiary/aromatic N) is 6. The summed E-state index contributed by atoms with van der Waals surface area (Å²) in [5.41, 5.74) is 15.1. The van der Waals surface area contributed by atoms with Crippen molar-refractivity contribution in [2.45, 2.75) is 0 Å². The van der Waals surface area contributed by atoms with Gasteiger partial charge in [0.25, 0.3) is 0 Å². The zero-order chi connectivity index (χ0) is 53.4. The highest BCUT2D eigenvalue weighted by molar-refractivity contribution is 7.26. The van der Waals surface area contributed by atoms with Crippen molar-refractivity contribution in [3.05, 3.63) is 266 Å². The molecule has 12 aromatic carbocycles. The van der Waals surface area contributed by atoms with E-state index in [1.165, 1.54) is 10.1 Å². The summed E-state index contributed by atoms with van der Waals surface area (Å²) < 4.78 is 11.4. The van der Waals surface area contributed by atoms with E-state index in [9.17, 15) is 10.5 Å². The molecule has 7 heteroatoms. The Labute approximate surface area is 467 Å². The Balaban J connectivity index is 1.15. The number of rotatable bonds is 6. The molecule has 0 aliphatic rings. The van der Waals surface area contributed by atoms with Gasteiger partial charge in [0.15, 0.2) is 0 Å². The quantitative estimate of drug-likeness (QED) is 0.167. The van der Waals surface area contributed by atoms with E-state index < -0.39 is 0 Å². The maximum atomic E-state index is 13.0. The van der Waals surface area contributed by atoms with Crippen molar-refractivity contribution in [2.24, 2.45) is 0 Å². The van der Waals surface area contributed by atoms with E-state index in [1.807, 2.05) is 6.07 Å². The highest BCUT2D eigenvalue weighted by Crippen LogP contribution is 2.51.